The lowest BCUT2D eigenvalue weighted by Gasteiger charge is -2.19. The summed E-state index contributed by atoms with van der Waals surface area (Å²) >= 11 is 11.7. The number of hydrogen-bond acceptors (Lipinski definition) is 2. The van der Waals surface area contributed by atoms with Crippen LogP contribution in [0.1, 0.15) is 26.3 Å². The average Bonchev–Trinajstić information content (AvgIpc) is 2.48. The third-order valence-electron chi connectivity index (χ3n) is 3.30. The molecule has 0 radical (unpaired) electrons. The SMILES string of the molecule is CC(C)(C)c1ccc(NC(=O)COc2ccc(Cl)c(Cl)c2)cc1. The first kappa shape index (κ1) is 17.6. The third kappa shape index (κ3) is 5.15. The summed E-state index contributed by atoms with van der Waals surface area (Å²) < 4.78 is 5.40. The van der Waals surface area contributed by atoms with Crippen molar-refractivity contribution >= 4 is 34.8 Å². The van der Waals surface area contributed by atoms with Crippen LogP contribution < -0.4 is 10.1 Å². The fraction of sp³-hybridized carbons (Fsp3) is 0.278. The maximum absolute atomic E-state index is 11.9. The Morgan fingerprint density at radius 2 is 1.70 bits per heavy atom. The summed E-state index contributed by atoms with van der Waals surface area (Å²) in [6.07, 6.45) is 0. The van der Waals surface area contributed by atoms with Gasteiger partial charge in [-0.25, -0.2) is 0 Å². The number of ether oxygens (including phenoxy) is 1. The van der Waals surface area contributed by atoms with Crippen LogP contribution in [0.3, 0.4) is 0 Å². The maximum Gasteiger partial charge on any atom is 0.262 e. The number of halogens is 2. The Morgan fingerprint density at radius 3 is 2.26 bits per heavy atom. The van der Waals surface area contributed by atoms with Crippen molar-refractivity contribution in [3.8, 4) is 5.75 Å². The van der Waals surface area contributed by atoms with Crippen LogP contribution in [0.4, 0.5) is 5.69 Å². The molecule has 1 N–H and O–H groups in total. The highest BCUT2D eigenvalue weighted by atomic mass is 35.5. The molecule has 122 valence electrons. The van der Waals surface area contributed by atoms with Crippen molar-refractivity contribution in [1.29, 1.82) is 0 Å². The number of rotatable bonds is 4. The first-order valence-corrected chi connectivity index (χ1v) is 7.99. The lowest BCUT2D eigenvalue weighted by Crippen LogP contribution is -2.20. The first-order chi connectivity index (χ1) is 10.8. The van der Waals surface area contributed by atoms with Gasteiger partial charge in [-0.15, -0.1) is 0 Å². The second-order valence-electron chi connectivity index (χ2n) is 6.24. The molecule has 2 rings (SSSR count). The number of carbonyl (C=O) groups is 1. The van der Waals surface area contributed by atoms with Crippen LogP contribution in [0.15, 0.2) is 42.5 Å². The monoisotopic (exact) mass is 351 g/mol. The average molecular weight is 352 g/mol. The summed E-state index contributed by atoms with van der Waals surface area (Å²) in [5, 5.41) is 3.63. The van der Waals surface area contributed by atoms with Gasteiger partial charge in [-0.05, 0) is 35.2 Å². The molecule has 0 unspecified atom stereocenters. The number of nitrogens with one attached hydrogen (secondary N) is 1. The Labute approximate surface area is 146 Å². The van der Waals surface area contributed by atoms with Gasteiger partial charge in [0.2, 0.25) is 0 Å². The van der Waals surface area contributed by atoms with Gasteiger partial charge in [-0.2, -0.15) is 0 Å². The van der Waals surface area contributed by atoms with E-state index >= 15 is 0 Å². The molecule has 0 aliphatic rings. The molecule has 0 aliphatic heterocycles. The Bertz CT molecular complexity index is 691. The Balaban J connectivity index is 1.90. The van der Waals surface area contributed by atoms with Crippen molar-refractivity contribution in [2.24, 2.45) is 0 Å². The van der Waals surface area contributed by atoms with E-state index in [0.717, 1.165) is 5.69 Å². The summed E-state index contributed by atoms with van der Waals surface area (Å²) in [5.74, 6) is 0.261. The van der Waals surface area contributed by atoms with Crippen molar-refractivity contribution < 1.29 is 9.53 Å². The standard InChI is InChI=1S/C18H19Cl2NO2/c1-18(2,3)12-4-6-13(7-5-12)21-17(22)11-23-14-8-9-15(19)16(20)10-14/h4-10H,11H2,1-3H3,(H,21,22). The van der Waals surface area contributed by atoms with Crippen molar-refractivity contribution in [3.05, 3.63) is 58.1 Å². The van der Waals surface area contributed by atoms with Crippen LogP contribution in [0.2, 0.25) is 10.0 Å². The molecule has 5 heteroatoms. The molecular weight excluding hydrogens is 333 g/mol. The zero-order valence-corrected chi connectivity index (χ0v) is 14.8. The molecule has 0 saturated heterocycles. The van der Waals surface area contributed by atoms with E-state index in [2.05, 4.69) is 26.1 Å². The number of benzene rings is 2. The van der Waals surface area contributed by atoms with Crippen molar-refractivity contribution in [1.82, 2.24) is 0 Å². The Hall–Kier alpha value is -1.71. The van der Waals surface area contributed by atoms with Gasteiger partial charge in [-0.3, -0.25) is 4.79 Å². The molecule has 0 fully saturated rings. The highest BCUT2D eigenvalue weighted by Gasteiger charge is 2.13. The second kappa shape index (κ2) is 7.24. The van der Waals surface area contributed by atoms with Crippen LogP contribution in [0.5, 0.6) is 5.75 Å². The summed E-state index contributed by atoms with van der Waals surface area (Å²) in [4.78, 5) is 11.9. The number of carbonyl (C=O) groups excluding carboxylic acids is 1. The molecule has 1 amide bonds. The van der Waals surface area contributed by atoms with E-state index in [1.807, 2.05) is 24.3 Å². The Morgan fingerprint density at radius 1 is 1.04 bits per heavy atom. The number of hydrogen-bond donors (Lipinski definition) is 1. The quantitative estimate of drug-likeness (QED) is 0.810. The van der Waals surface area contributed by atoms with E-state index < -0.39 is 0 Å². The summed E-state index contributed by atoms with van der Waals surface area (Å²) in [6, 6.07) is 12.7. The van der Waals surface area contributed by atoms with Gasteiger partial charge < -0.3 is 10.1 Å². The van der Waals surface area contributed by atoms with Crippen LogP contribution in [-0.2, 0) is 10.2 Å². The minimum atomic E-state index is -0.236. The van der Waals surface area contributed by atoms with E-state index in [4.69, 9.17) is 27.9 Å². The van der Waals surface area contributed by atoms with Crippen molar-refractivity contribution in [2.75, 3.05) is 11.9 Å². The van der Waals surface area contributed by atoms with E-state index in [9.17, 15) is 4.79 Å². The fourth-order valence-electron chi connectivity index (χ4n) is 1.97. The van der Waals surface area contributed by atoms with E-state index in [-0.39, 0.29) is 17.9 Å². The molecule has 0 atom stereocenters. The van der Waals surface area contributed by atoms with E-state index in [0.29, 0.717) is 15.8 Å². The fourth-order valence-corrected chi connectivity index (χ4v) is 2.25. The predicted octanol–water partition coefficient (Wildman–Crippen LogP) is 5.31. The molecule has 3 nitrogen and oxygen atoms in total. The third-order valence-corrected chi connectivity index (χ3v) is 4.03. The summed E-state index contributed by atoms with van der Waals surface area (Å²) in [7, 11) is 0. The molecule has 2 aromatic carbocycles. The van der Waals surface area contributed by atoms with Crippen LogP contribution in [-0.4, -0.2) is 12.5 Å². The van der Waals surface area contributed by atoms with E-state index in [1.54, 1.807) is 18.2 Å². The first-order valence-electron chi connectivity index (χ1n) is 7.24. The number of anilines is 1. The Kier molecular flexibility index (Phi) is 5.55. The highest BCUT2D eigenvalue weighted by Crippen LogP contribution is 2.26. The highest BCUT2D eigenvalue weighted by molar-refractivity contribution is 6.42. The van der Waals surface area contributed by atoms with Crippen molar-refractivity contribution in [3.63, 3.8) is 0 Å². The normalized spacial score (nSPS) is 11.2. The van der Waals surface area contributed by atoms with Crippen LogP contribution >= 0.6 is 23.2 Å². The molecule has 2 aromatic rings. The zero-order chi connectivity index (χ0) is 17.0. The summed E-state index contributed by atoms with van der Waals surface area (Å²) in [6.45, 7) is 6.34. The van der Waals surface area contributed by atoms with Crippen LogP contribution in [0, 0.1) is 0 Å². The largest absolute Gasteiger partial charge is 0.484 e. The lowest BCUT2D eigenvalue weighted by molar-refractivity contribution is -0.118. The molecule has 0 bridgehead atoms. The van der Waals surface area contributed by atoms with Crippen LogP contribution in [0.25, 0.3) is 0 Å². The molecule has 23 heavy (non-hydrogen) atoms. The van der Waals surface area contributed by atoms with Gasteiger partial charge >= 0.3 is 0 Å². The molecule has 0 heterocycles. The van der Waals surface area contributed by atoms with Gasteiger partial charge in [0, 0.05) is 11.8 Å². The van der Waals surface area contributed by atoms with Gasteiger partial charge in [0.05, 0.1) is 10.0 Å². The van der Waals surface area contributed by atoms with Gasteiger partial charge in [0.25, 0.3) is 5.91 Å². The zero-order valence-electron chi connectivity index (χ0n) is 13.3. The number of amides is 1. The molecule has 0 saturated carbocycles. The molecule has 0 aliphatic carbocycles. The smallest absolute Gasteiger partial charge is 0.262 e. The minimum absolute atomic E-state index is 0.0828. The molecule has 0 aromatic heterocycles. The van der Waals surface area contributed by atoms with Gasteiger partial charge in [-0.1, -0.05) is 56.1 Å². The van der Waals surface area contributed by atoms with E-state index in [1.165, 1.54) is 5.56 Å². The topological polar surface area (TPSA) is 38.3 Å². The lowest BCUT2D eigenvalue weighted by atomic mass is 9.87. The maximum atomic E-state index is 11.9. The van der Waals surface area contributed by atoms with Gasteiger partial charge in [0.1, 0.15) is 5.75 Å². The predicted molar refractivity (Wildman–Crippen MR) is 95.7 cm³/mol. The second-order valence-corrected chi connectivity index (χ2v) is 7.05. The van der Waals surface area contributed by atoms with Gasteiger partial charge in [0.15, 0.2) is 6.61 Å². The van der Waals surface area contributed by atoms with Crippen molar-refractivity contribution in [2.45, 2.75) is 26.2 Å². The molecule has 0 spiro atoms. The molecular formula is C18H19Cl2NO2. The minimum Gasteiger partial charge on any atom is -0.484 e. The summed E-state index contributed by atoms with van der Waals surface area (Å²) in [5.41, 5.74) is 2.03.